The highest BCUT2D eigenvalue weighted by molar-refractivity contribution is 6.10. The van der Waals surface area contributed by atoms with E-state index in [-0.39, 0.29) is 12.5 Å². The van der Waals surface area contributed by atoms with Crippen LogP contribution in [0.1, 0.15) is 38.3 Å². The normalized spacial score (nSPS) is 20.9. The van der Waals surface area contributed by atoms with Crippen LogP contribution < -0.4 is 10.6 Å². The van der Waals surface area contributed by atoms with Crippen molar-refractivity contribution in [1.82, 2.24) is 20.4 Å². The van der Waals surface area contributed by atoms with Gasteiger partial charge in [-0.3, -0.25) is 19.3 Å². The standard InChI is InChI=1S/C20H26N4O4/c1-19(2,3)21-15(25)11-23(4)16(26)12-24-17(27)20(22-18(24)28)10-9-13-7-5-6-8-14(13)20/h5-8H,9-12H2,1-4H3,(H,21,25)(H,22,28)/t20-/m1/s1. The number of benzene rings is 1. The summed E-state index contributed by atoms with van der Waals surface area (Å²) in [5.74, 6) is -1.19. The van der Waals surface area contributed by atoms with Gasteiger partial charge in [0.05, 0.1) is 6.54 Å². The number of urea groups is 1. The topological polar surface area (TPSA) is 98.8 Å². The molecule has 8 nitrogen and oxygen atoms in total. The number of rotatable bonds is 4. The number of imide groups is 1. The summed E-state index contributed by atoms with van der Waals surface area (Å²) in [7, 11) is 1.48. The number of carbonyl (C=O) groups excluding carboxylic acids is 4. The van der Waals surface area contributed by atoms with Crippen molar-refractivity contribution in [3.8, 4) is 0 Å². The Balaban J connectivity index is 1.68. The maximum Gasteiger partial charge on any atom is 0.325 e. The van der Waals surface area contributed by atoms with Gasteiger partial charge in [0, 0.05) is 12.6 Å². The highest BCUT2D eigenvalue weighted by Gasteiger charge is 2.55. The molecule has 5 amide bonds. The van der Waals surface area contributed by atoms with Gasteiger partial charge >= 0.3 is 6.03 Å². The van der Waals surface area contributed by atoms with Gasteiger partial charge < -0.3 is 15.5 Å². The Kier molecular flexibility index (Phi) is 4.91. The molecule has 1 aliphatic heterocycles. The van der Waals surface area contributed by atoms with Crippen molar-refractivity contribution in [2.45, 2.75) is 44.7 Å². The summed E-state index contributed by atoms with van der Waals surface area (Å²) < 4.78 is 0. The Morgan fingerprint density at radius 3 is 2.61 bits per heavy atom. The summed E-state index contributed by atoms with van der Waals surface area (Å²) in [6, 6.07) is 6.94. The molecule has 1 aromatic carbocycles. The van der Waals surface area contributed by atoms with Crippen LogP contribution >= 0.6 is 0 Å². The number of nitrogens with one attached hydrogen (secondary N) is 2. The van der Waals surface area contributed by atoms with Gasteiger partial charge in [-0.15, -0.1) is 0 Å². The predicted molar refractivity (Wildman–Crippen MR) is 102 cm³/mol. The molecular formula is C20H26N4O4. The molecule has 28 heavy (non-hydrogen) atoms. The fraction of sp³-hybridized carbons (Fsp3) is 0.500. The van der Waals surface area contributed by atoms with Crippen molar-refractivity contribution in [2.75, 3.05) is 20.1 Å². The summed E-state index contributed by atoms with van der Waals surface area (Å²) in [5, 5.41) is 5.56. The zero-order valence-electron chi connectivity index (χ0n) is 16.7. The van der Waals surface area contributed by atoms with Crippen LogP contribution in [0, 0.1) is 0 Å². The van der Waals surface area contributed by atoms with Gasteiger partial charge in [-0.25, -0.2) is 4.79 Å². The molecule has 0 aromatic heterocycles. The molecule has 0 unspecified atom stereocenters. The average Bonchev–Trinajstić information content (AvgIpc) is 3.07. The van der Waals surface area contributed by atoms with Crippen LogP contribution in [-0.4, -0.2) is 59.2 Å². The van der Waals surface area contributed by atoms with Crippen LogP contribution in [0.15, 0.2) is 24.3 Å². The lowest BCUT2D eigenvalue weighted by molar-refractivity contribution is -0.140. The predicted octanol–water partition coefficient (Wildman–Crippen LogP) is 0.753. The third-order valence-corrected chi connectivity index (χ3v) is 5.04. The Labute approximate surface area is 164 Å². The lowest BCUT2D eigenvalue weighted by Crippen LogP contribution is -2.49. The maximum absolute atomic E-state index is 13.1. The smallest absolute Gasteiger partial charge is 0.325 e. The van der Waals surface area contributed by atoms with E-state index in [9.17, 15) is 19.2 Å². The van der Waals surface area contributed by atoms with Gasteiger partial charge in [0.2, 0.25) is 11.8 Å². The van der Waals surface area contributed by atoms with Gasteiger partial charge in [-0.05, 0) is 44.7 Å². The Morgan fingerprint density at radius 2 is 1.93 bits per heavy atom. The first-order chi connectivity index (χ1) is 13.0. The van der Waals surface area contributed by atoms with Crippen LogP contribution in [0.4, 0.5) is 4.79 Å². The second kappa shape index (κ2) is 6.92. The number of hydrogen-bond acceptors (Lipinski definition) is 4. The van der Waals surface area contributed by atoms with Gasteiger partial charge in [0.1, 0.15) is 12.1 Å². The van der Waals surface area contributed by atoms with Crippen molar-refractivity contribution in [3.05, 3.63) is 35.4 Å². The summed E-state index contributed by atoms with van der Waals surface area (Å²) in [4.78, 5) is 52.2. The van der Waals surface area contributed by atoms with Gasteiger partial charge in [0.15, 0.2) is 0 Å². The molecule has 8 heteroatoms. The number of aryl methyl sites for hydroxylation is 1. The van der Waals surface area contributed by atoms with Crippen molar-refractivity contribution in [1.29, 1.82) is 0 Å². The minimum Gasteiger partial charge on any atom is -0.350 e. The second-order valence-electron chi connectivity index (χ2n) is 8.43. The number of amides is 5. The number of likely N-dealkylation sites (N-methyl/N-ethyl adjacent to an activating group) is 1. The second-order valence-corrected chi connectivity index (χ2v) is 8.43. The van der Waals surface area contributed by atoms with Crippen molar-refractivity contribution in [3.63, 3.8) is 0 Å². The minimum atomic E-state index is -1.09. The molecule has 1 aromatic rings. The molecule has 150 valence electrons. The molecule has 1 heterocycles. The van der Waals surface area contributed by atoms with Crippen LogP contribution in [0.2, 0.25) is 0 Å². The van der Waals surface area contributed by atoms with Crippen LogP contribution in [-0.2, 0) is 26.3 Å². The van der Waals surface area contributed by atoms with E-state index in [0.29, 0.717) is 12.8 Å². The Hall–Kier alpha value is -2.90. The number of nitrogens with zero attached hydrogens (tertiary/aromatic N) is 2. The molecule has 0 bridgehead atoms. The van der Waals surface area contributed by atoms with Gasteiger partial charge in [-0.1, -0.05) is 24.3 Å². The highest BCUT2D eigenvalue weighted by Crippen LogP contribution is 2.41. The first-order valence-corrected chi connectivity index (χ1v) is 9.31. The third kappa shape index (κ3) is 3.58. The monoisotopic (exact) mass is 386 g/mol. The van der Waals surface area contributed by atoms with E-state index in [0.717, 1.165) is 16.0 Å². The van der Waals surface area contributed by atoms with Crippen LogP contribution in [0.3, 0.4) is 0 Å². The molecule has 1 fully saturated rings. The van der Waals surface area contributed by atoms with Crippen LogP contribution in [0.25, 0.3) is 0 Å². The first kappa shape index (κ1) is 19.9. The van der Waals surface area contributed by atoms with E-state index >= 15 is 0 Å². The molecule has 1 spiro atoms. The van der Waals surface area contributed by atoms with Crippen molar-refractivity contribution >= 4 is 23.8 Å². The summed E-state index contributed by atoms with van der Waals surface area (Å²) in [5.41, 5.74) is 0.325. The van der Waals surface area contributed by atoms with Gasteiger partial charge in [0.25, 0.3) is 5.91 Å². The maximum atomic E-state index is 13.1. The van der Waals surface area contributed by atoms with E-state index in [1.54, 1.807) is 0 Å². The molecule has 3 rings (SSSR count). The van der Waals surface area contributed by atoms with E-state index < -0.39 is 35.5 Å². The van der Waals surface area contributed by atoms with E-state index in [2.05, 4.69) is 10.6 Å². The minimum absolute atomic E-state index is 0.145. The lowest BCUT2D eigenvalue weighted by atomic mass is 9.92. The number of fused-ring (bicyclic) bond motifs is 2. The molecule has 0 radical (unpaired) electrons. The summed E-state index contributed by atoms with van der Waals surface area (Å²) in [6.07, 6.45) is 1.17. The molecule has 1 atom stereocenters. The van der Waals surface area contributed by atoms with Crippen molar-refractivity contribution < 1.29 is 19.2 Å². The fourth-order valence-electron chi connectivity index (χ4n) is 3.75. The van der Waals surface area contributed by atoms with E-state index in [1.807, 2.05) is 45.0 Å². The SMILES string of the molecule is CN(CC(=O)NC(C)(C)C)C(=O)CN1C(=O)N[C@@]2(CCc3ccccc32)C1=O. The molecular weight excluding hydrogens is 360 g/mol. The number of carbonyl (C=O) groups is 4. The Bertz CT molecular complexity index is 845. The zero-order valence-corrected chi connectivity index (χ0v) is 16.7. The Morgan fingerprint density at radius 1 is 1.25 bits per heavy atom. The van der Waals surface area contributed by atoms with Crippen molar-refractivity contribution in [2.24, 2.45) is 0 Å². The first-order valence-electron chi connectivity index (χ1n) is 9.31. The summed E-state index contributed by atoms with van der Waals surface area (Å²) >= 11 is 0. The molecule has 1 saturated heterocycles. The molecule has 0 saturated carbocycles. The van der Waals surface area contributed by atoms with E-state index in [1.165, 1.54) is 11.9 Å². The lowest BCUT2D eigenvalue weighted by Gasteiger charge is -2.25. The zero-order chi connectivity index (χ0) is 20.7. The molecule has 2 N–H and O–H groups in total. The quantitative estimate of drug-likeness (QED) is 0.746. The number of hydrogen-bond donors (Lipinski definition) is 2. The fourth-order valence-corrected chi connectivity index (χ4v) is 3.75. The largest absolute Gasteiger partial charge is 0.350 e. The summed E-state index contributed by atoms with van der Waals surface area (Å²) in [6.45, 7) is 5.00. The molecule has 1 aliphatic carbocycles. The van der Waals surface area contributed by atoms with E-state index in [4.69, 9.17) is 0 Å². The van der Waals surface area contributed by atoms with Gasteiger partial charge in [-0.2, -0.15) is 0 Å². The molecule has 2 aliphatic rings. The average molecular weight is 386 g/mol. The van der Waals surface area contributed by atoms with Crippen LogP contribution in [0.5, 0.6) is 0 Å². The highest BCUT2D eigenvalue weighted by atomic mass is 16.2. The third-order valence-electron chi connectivity index (χ3n) is 5.04.